The summed E-state index contributed by atoms with van der Waals surface area (Å²) in [6.07, 6.45) is 1.06. The third-order valence-electron chi connectivity index (χ3n) is 3.44. The zero-order chi connectivity index (χ0) is 13.4. The molecule has 2 nitrogen and oxygen atoms in total. The van der Waals surface area contributed by atoms with Crippen molar-refractivity contribution in [1.82, 2.24) is 10.3 Å². The van der Waals surface area contributed by atoms with E-state index in [1.165, 1.54) is 32.3 Å². The highest BCUT2D eigenvalue weighted by atomic mass is 32.1. The average Bonchev–Trinajstić information content (AvgIpc) is 2.86. The van der Waals surface area contributed by atoms with E-state index >= 15 is 0 Å². The molecule has 19 heavy (non-hydrogen) atoms. The zero-order valence-corrected chi connectivity index (χ0v) is 12.6. The van der Waals surface area contributed by atoms with E-state index in [1.807, 2.05) is 11.3 Å². The fourth-order valence-corrected chi connectivity index (χ4v) is 3.59. The normalized spacial score (nSPS) is 12.8. The van der Waals surface area contributed by atoms with Gasteiger partial charge in [0.15, 0.2) is 0 Å². The van der Waals surface area contributed by atoms with Crippen LogP contribution in [0.25, 0.3) is 11.3 Å². The number of benzene rings is 1. The van der Waals surface area contributed by atoms with Crippen molar-refractivity contribution in [2.45, 2.75) is 33.7 Å². The summed E-state index contributed by atoms with van der Waals surface area (Å²) in [5.74, 6) is 0.690. The first-order chi connectivity index (χ1) is 9.13. The number of aromatic nitrogens is 1. The molecule has 1 aliphatic carbocycles. The molecule has 0 unspecified atom stereocenters. The molecule has 3 heteroatoms. The Hall–Kier alpha value is -1.19. The van der Waals surface area contributed by atoms with Crippen LogP contribution in [-0.2, 0) is 13.0 Å². The quantitative estimate of drug-likeness (QED) is 0.782. The van der Waals surface area contributed by atoms with E-state index < -0.39 is 0 Å². The van der Waals surface area contributed by atoms with Crippen molar-refractivity contribution in [3.8, 4) is 11.3 Å². The van der Waals surface area contributed by atoms with E-state index in [2.05, 4.69) is 44.3 Å². The van der Waals surface area contributed by atoms with Gasteiger partial charge in [-0.25, -0.2) is 4.98 Å². The Bertz CT molecular complexity index is 599. The highest BCUT2D eigenvalue weighted by Crippen LogP contribution is 2.39. The Balaban J connectivity index is 1.79. The maximum atomic E-state index is 4.83. The molecule has 0 saturated carbocycles. The first kappa shape index (κ1) is 12.8. The van der Waals surface area contributed by atoms with Crippen molar-refractivity contribution in [1.29, 1.82) is 0 Å². The van der Waals surface area contributed by atoms with Crippen molar-refractivity contribution >= 4 is 11.3 Å². The summed E-state index contributed by atoms with van der Waals surface area (Å²) in [7, 11) is 0. The minimum Gasteiger partial charge on any atom is -0.310 e. The lowest BCUT2D eigenvalue weighted by molar-refractivity contribution is 0.551. The molecule has 0 amide bonds. The van der Waals surface area contributed by atoms with Crippen LogP contribution in [0.4, 0.5) is 0 Å². The summed E-state index contributed by atoms with van der Waals surface area (Å²) in [4.78, 5) is 6.26. The molecule has 1 aliphatic rings. The monoisotopic (exact) mass is 272 g/mol. The molecule has 2 aromatic rings. The third-order valence-corrected chi connectivity index (χ3v) is 4.50. The fourth-order valence-electron chi connectivity index (χ4n) is 2.51. The van der Waals surface area contributed by atoms with E-state index in [1.54, 1.807) is 0 Å². The average molecular weight is 272 g/mol. The predicted octanol–water partition coefficient (Wildman–Crippen LogP) is 3.77. The van der Waals surface area contributed by atoms with Crippen LogP contribution in [0.2, 0.25) is 0 Å². The number of aryl methyl sites for hydroxylation is 1. The Morgan fingerprint density at radius 3 is 3.00 bits per heavy atom. The lowest BCUT2D eigenvalue weighted by Crippen LogP contribution is -2.18. The van der Waals surface area contributed by atoms with Crippen molar-refractivity contribution < 1.29 is 0 Å². The molecule has 1 aromatic heterocycles. The van der Waals surface area contributed by atoms with Gasteiger partial charge < -0.3 is 5.32 Å². The summed E-state index contributed by atoms with van der Waals surface area (Å²) >= 11 is 1.86. The maximum absolute atomic E-state index is 4.83. The van der Waals surface area contributed by atoms with Gasteiger partial charge in [-0.1, -0.05) is 31.5 Å². The van der Waals surface area contributed by atoms with Crippen LogP contribution in [0.1, 0.15) is 34.9 Å². The Labute approximate surface area is 118 Å². The van der Waals surface area contributed by atoms with Gasteiger partial charge in [0, 0.05) is 23.4 Å². The fraction of sp³-hybridized carbons (Fsp3) is 0.438. The number of fused-ring (bicyclic) bond motifs is 3. The van der Waals surface area contributed by atoms with Crippen LogP contribution in [0.5, 0.6) is 0 Å². The molecule has 0 radical (unpaired) electrons. The largest absolute Gasteiger partial charge is 0.310 e. The molecule has 0 bridgehead atoms. The summed E-state index contributed by atoms with van der Waals surface area (Å²) in [6.45, 7) is 8.56. The van der Waals surface area contributed by atoms with E-state index in [0.717, 1.165) is 19.5 Å². The van der Waals surface area contributed by atoms with Crippen LogP contribution in [0.3, 0.4) is 0 Å². The van der Waals surface area contributed by atoms with Crippen LogP contribution < -0.4 is 5.32 Å². The number of nitrogens with one attached hydrogen (secondary N) is 1. The van der Waals surface area contributed by atoms with Crippen molar-refractivity contribution in [2.75, 3.05) is 6.54 Å². The highest BCUT2D eigenvalue weighted by Gasteiger charge is 2.22. The molecule has 1 aromatic carbocycles. The predicted molar refractivity (Wildman–Crippen MR) is 81.6 cm³/mol. The minimum absolute atomic E-state index is 0.690. The summed E-state index contributed by atoms with van der Waals surface area (Å²) in [6, 6.07) is 6.71. The van der Waals surface area contributed by atoms with Gasteiger partial charge in [0.1, 0.15) is 5.01 Å². The second kappa shape index (κ2) is 5.06. The Morgan fingerprint density at radius 2 is 2.21 bits per heavy atom. The number of nitrogens with zero attached hydrogens (tertiary/aromatic N) is 1. The third kappa shape index (κ3) is 2.58. The molecule has 1 N–H and O–H groups in total. The smallest absolute Gasteiger partial charge is 0.107 e. The van der Waals surface area contributed by atoms with Gasteiger partial charge >= 0.3 is 0 Å². The Kier molecular flexibility index (Phi) is 3.42. The molecule has 100 valence electrons. The lowest BCUT2D eigenvalue weighted by atomic mass is 10.1. The van der Waals surface area contributed by atoms with Crippen LogP contribution in [0.15, 0.2) is 18.2 Å². The second-order valence-electron chi connectivity index (χ2n) is 5.74. The molecular formula is C16H20N2S. The van der Waals surface area contributed by atoms with Gasteiger partial charge in [0.25, 0.3) is 0 Å². The summed E-state index contributed by atoms with van der Waals surface area (Å²) < 4.78 is 0. The van der Waals surface area contributed by atoms with E-state index in [9.17, 15) is 0 Å². The molecule has 3 rings (SSSR count). The highest BCUT2D eigenvalue weighted by molar-refractivity contribution is 7.12. The number of hydrogen-bond acceptors (Lipinski definition) is 3. The molecule has 0 fully saturated rings. The molecular weight excluding hydrogens is 252 g/mol. The van der Waals surface area contributed by atoms with E-state index in [-0.39, 0.29) is 0 Å². The van der Waals surface area contributed by atoms with Gasteiger partial charge in [-0.15, -0.1) is 11.3 Å². The number of rotatable bonds is 4. The Morgan fingerprint density at radius 1 is 1.37 bits per heavy atom. The first-order valence-electron chi connectivity index (χ1n) is 6.92. The van der Waals surface area contributed by atoms with Gasteiger partial charge in [0.05, 0.1) is 5.69 Å². The van der Waals surface area contributed by atoms with Crippen molar-refractivity contribution in [3.05, 3.63) is 39.2 Å². The van der Waals surface area contributed by atoms with Crippen molar-refractivity contribution in [2.24, 2.45) is 5.92 Å². The topological polar surface area (TPSA) is 24.9 Å². The van der Waals surface area contributed by atoms with Gasteiger partial charge in [-0.05, 0) is 31.0 Å². The summed E-state index contributed by atoms with van der Waals surface area (Å²) in [5.41, 5.74) is 5.33. The lowest BCUT2D eigenvalue weighted by Gasteiger charge is -2.05. The van der Waals surface area contributed by atoms with Gasteiger partial charge in [0.2, 0.25) is 0 Å². The van der Waals surface area contributed by atoms with E-state index in [4.69, 9.17) is 4.98 Å². The number of hydrogen-bond donors (Lipinski definition) is 1. The van der Waals surface area contributed by atoms with Gasteiger partial charge in [-0.2, -0.15) is 0 Å². The zero-order valence-electron chi connectivity index (χ0n) is 11.8. The van der Waals surface area contributed by atoms with Gasteiger partial charge in [-0.3, -0.25) is 0 Å². The van der Waals surface area contributed by atoms with Crippen LogP contribution in [0, 0.1) is 12.8 Å². The summed E-state index contributed by atoms with van der Waals surface area (Å²) in [5, 5.41) is 4.69. The van der Waals surface area contributed by atoms with Crippen LogP contribution >= 0.6 is 11.3 Å². The van der Waals surface area contributed by atoms with Crippen LogP contribution in [-0.4, -0.2) is 11.5 Å². The SMILES string of the molecule is Cc1ccc2c(c1)-c1nc(CNCC(C)C)sc1C2. The molecule has 0 saturated heterocycles. The van der Waals surface area contributed by atoms with E-state index in [0.29, 0.717) is 5.92 Å². The standard InChI is InChI=1S/C16H20N2S/c1-10(2)8-17-9-15-18-16-13-6-11(3)4-5-12(13)7-14(16)19-15/h4-6,10,17H,7-9H2,1-3H3. The molecule has 0 atom stereocenters. The number of thiazole rings is 1. The molecule has 0 aliphatic heterocycles. The minimum atomic E-state index is 0.690. The maximum Gasteiger partial charge on any atom is 0.107 e. The first-order valence-corrected chi connectivity index (χ1v) is 7.74. The molecule has 1 heterocycles. The second-order valence-corrected chi connectivity index (χ2v) is 6.91. The van der Waals surface area contributed by atoms with Crippen molar-refractivity contribution in [3.63, 3.8) is 0 Å². The molecule has 0 spiro atoms.